The van der Waals surface area contributed by atoms with E-state index in [0.29, 0.717) is 16.6 Å². The first-order chi connectivity index (χ1) is 15.1. The first-order valence-corrected chi connectivity index (χ1v) is 10.8. The zero-order valence-electron chi connectivity index (χ0n) is 17.5. The summed E-state index contributed by atoms with van der Waals surface area (Å²) in [5, 5.41) is 19.1. The van der Waals surface area contributed by atoms with Crippen LogP contribution in [0.4, 0.5) is 0 Å². The van der Waals surface area contributed by atoms with Gasteiger partial charge in [0.1, 0.15) is 11.8 Å². The van der Waals surface area contributed by atoms with Crippen LogP contribution in [-0.2, 0) is 16.1 Å². The molecule has 2 aliphatic rings. The Morgan fingerprint density at radius 1 is 1.25 bits per heavy atom. The summed E-state index contributed by atoms with van der Waals surface area (Å²) < 4.78 is 0.726. The van der Waals surface area contributed by atoms with Gasteiger partial charge in [-0.05, 0) is 30.5 Å². The van der Waals surface area contributed by atoms with Crippen molar-refractivity contribution < 1.29 is 19.5 Å². The molecule has 4 heterocycles. The van der Waals surface area contributed by atoms with Crippen molar-refractivity contribution in [3.8, 4) is 17.2 Å². The largest absolute Gasteiger partial charge is 0.478 e. The number of imide groups is 1. The average molecular weight is 446 g/mol. The van der Waals surface area contributed by atoms with E-state index in [4.69, 9.17) is 0 Å². The molecule has 1 saturated heterocycles. The second kappa shape index (κ2) is 6.68. The van der Waals surface area contributed by atoms with Gasteiger partial charge in [0.15, 0.2) is 0 Å². The van der Waals surface area contributed by atoms with Gasteiger partial charge in [0.25, 0.3) is 0 Å². The van der Waals surface area contributed by atoms with Crippen LogP contribution in [0, 0.1) is 35.5 Å². The Labute approximate surface area is 187 Å². The minimum absolute atomic E-state index is 0.0265. The number of rotatable bonds is 4. The fourth-order valence-electron chi connectivity index (χ4n) is 4.81. The molecule has 0 spiro atoms. The van der Waals surface area contributed by atoms with Crippen molar-refractivity contribution in [2.45, 2.75) is 27.3 Å². The van der Waals surface area contributed by atoms with E-state index in [1.54, 1.807) is 19.2 Å². The third kappa shape index (κ3) is 2.76. The summed E-state index contributed by atoms with van der Waals surface area (Å²) in [5.74, 6) is -1.87. The number of thiophene rings is 1. The lowest BCUT2D eigenvalue weighted by atomic mass is 9.98. The highest BCUT2D eigenvalue weighted by Crippen LogP contribution is 2.63. The minimum Gasteiger partial charge on any atom is -0.478 e. The van der Waals surface area contributed by atoms with Crippen molar-refractivity contribution in [1.82, 2.24) is 14.9 Å². The second-order valence-electron chi connectivity index (χ2n) is 8.76. The zero-order valence-corrected chi connectivity index (χ0v) is 18.4. The van der Waals surface area contributed by atoms with Crippen molar-refractivity contribution in [2.75, 3.05) is 0 Å². The fraction of sp³-hybridized carbons (Fsp3) is 0.304. The first-order valence-electron chi connectivity index (χ1n) is 10.0. The van der Waals surface area contributed by atoms with E-state index in [-0.39, 0.29) is 52.6 Å². The number of hydrogen-bond donors (Lipinski definition) is 1. The lowest BCUT2D eigenvalue weighted by Crippen LogP contribution is -2.35. The van der Waals surface area contributed by atoms with Gasteiger partial charge >= 0.3 is 5.97 Å². The van der Waals surface area contributed by atoms with Gasteiger partial charge in [0.2, 0.25) is 11.8 Å². The molecule has 1 aliphatic heterocycles. The van der Waals surface area contributed by atoms with Crippen LogP contribution in [0.3, 0.4) is 0 Å². The number of nitrogens with zero attached hydrogens (tertiary/aromatic N) is 4. The number of carboxylic acid groups (broad SMARTS) is 1. The van der Waals surface area contributed by atoms with Gasteiger partial charge in [-0.3, -0.25) is 19.5 Å². The highest BCUT2D eigenvalue weighted by atomic mass is 32.1. The monoisotopic (exact) mass is 446 g/mol. The van der Waals surface area contributed by atoms with Crippen LogP contribution < -0.4 is 0 Å². The fourth-order valence-corrected chi connectivity index (χ4v) is 5.94. The molecule has 160 valence electrons. The molecule has 0 aromatic carbocycles. The van der Waals surface area contributed by atoms with Crippen LogP contribution in [0.1, 0.15) is 40.5 Å². The molecule has 2 unspecified atom stereocenters. The second-order valence-corrected chi connectivity index (χ2v) is 9.89. The molecule has 1 saturated carbocycles. The number of piperidine rings is 1. The highest BCUT2D eigenvalue weighted by molar-refractivity contribution is 7.19. The smallest absolute Gasteiger partial charge is 0.338 e. The van der Waals surface area contributed by atoms with Crippen LogP contribution in [0.2, 0.25) is 0 Å². The molecule has 3 aromatic rings. The van der Waals surface area contributed by atoms with Crippen LogP contribution in [0.5, 0.6) is 0 Å². The summed E-state index contributed by atoms with van der Waals surface area (Å²) in [4.78, 5) is 47.9. The lowest BCUT2D eigenvalue weighted by molar-refractivity contribution is -0.143. The average Bonchev–Trinajstić information content (AvgIpc) is 2.99. The summed E-state index contributed by atoms with van der Waals surface area (Å²) >= 11 is 1.36. The quantitative estimate of drug-likeness (QED) is 0.609. The molecule has 2 amide bonds. The number of aromatic carboxylic acids is 1. The van der Waals surface area contributed by atoms with Crippen molar-refractivity contribution in [1.29, 1.82) is 5.26 Å². The third-order valence-corrected chi connectivity index (χ3v) is 7.63. The number of pyridine rings is 2. The van der Waals surface area contributed by atoms with Gasteiger partial charge in [-0.2, -0.15) is 5.26 Å². The number of amides is 2. The van der Waals surface area contributed by atoms with Crippen LogP contribution in [0.25, 0.3) is 21.3 Å². The minimum atomic E-state index is -1.13. The molecule has 2 atom stereocenters. The van der Waals surface area contributed by atoms with E-state index >= 15 is 0 Å². The molecule has 32 heavy (non-hydrogen) atoms. The molecule has 2 fully saturated rings. The number of carboxylic acids is 1. The Morgan fingerprint density at radius 3 is 2.56 bits per heavy atom. The summed E-state index contributed by atoms with van der Waals surface area (Å²) in [7, 11) is 0. The Morgan fingerprint density at radius 2 is 1.94 bits per heavy atom. The standard InChI is InChI=1S/C23H18N4O4S/c1-10-16(22(30)31)14(6-11(8-24)26-10)13-4-5-25-15-7-12(32-19(13)15)9-27-20(28)17-18(21(27)29)23(17,2)3/h4-7,17-18H,9H2,1-3H3,(H,30,31). The number of likely N-dealkylation sites (tertiary alicyclic amines) is 1. The molecule has 8 nitrogen and oxygen atoms in total. The lowest BCUT2D eigenvalue weighted by Gasteiger charge is -2.19. The number of fused-ring (bicyclic) bond motifs is 2. The summed E-state index contributed by atoms with van der Waals surface area (Å²) in [5.41, 5.74) is 1.79. The number of carbonyl (C=O) groups is 3. The van der Waals surface area contributed by atoms with E-state index in [2.05, 4.69) is 9.97 Å². The Hall–Kier alpha value is -3.64. The van der Waals surface area contributed by atoms with E-state index in [0.717, 1.165) is 9.58 Å². The molecular formula is C23H18N4O4S. The third-order valence-electron chi connectivity index (χ3n) is 6.49. The maximum atomic E-state index is 12.7. The molecule has 1 N–H and O–H groups in total. The van der Waals surface area contributed by atoms with Crippen molar-refractivity contribution in [3.63, 3.8) is 0 Å². The van der Waals surface area contributed by atoms with Gasteiger partial charge < -0.3 is 5.11 Å². The molecule has 0 bridgehead atoms. The Balaban J connectivity index is 1.57. The van der Waals surface area contributed by atoms with Gasteiger partial charge in [0, 0.05) is 22.2 Å². The molecule has 0 radical (unpaired) electrons. The topological polar surface area (TPSA) is 124 Å². The van der Waals surface area contributed by atoms with Gasteiger partial charge in [-0.15, -0.1) is 11.3 Å². The molecule has 1 aliphatic carbocycles. The van der Waals surface area contributed by atoms with Crippen LogP contribution in [-0.4, -0.2) is 37.8 Å². The Bertz CT molecular complexity index is 1380. The van der Waals surface area contributed by atoms with Gasteiger partial charge in [-0.1, -0.05) is 13.8 Å². The van der Waals surface area contributed by atoms with Crippen LogP contribution in [0.15, 0.2) is 24.4 Å². The molecule has 5 rings (SSSR count). The van der Waals surface area contributed by atoms with Crippen LogP contribution >= 0.6 is 11.3 Å². The van der Waals surface area contributed by atoms with Gasteiger partial charge in [0.05, 0.1) is 39.9 Å². The number of hydrogen-bond acceptors (Lipinski definition) is 7. The number of carbonyl (C=O) groups excluding carboxylic acids is 2. The number of aromatic nitrogens is 2. The van der Waals surface area contributed by atoms with Crippen molar-refractivity contribution >= 4 is 39.3 Å². The molecule has 3 aromatic heterocycles. The SMILES string of the molecule is Cc1nc(C#N)cc(-c2ccnc3cc(CN4C(=O)C5C(C4=O)C5(C)C)sc23)c1C(=O)O. The molecular weight excluding hydrogens is 428 g/mol. The summed E-state index contributed by atoms with van der Waals surface area (Å²) in [6.07, 6.45) is 1.57. The van der Waals surface area contributed by atoms with E-state index in [1.165, 1.54) is 22.3 Å². The molecule has 9 heteroatoms. The van der Waals surface area contributed by atoms with Gasteiger partial charge in [-0.25, -0.2) is 9.78 Å². The van der Waals surface area contributed by atoms with E-state index in [9.17, 15) is 24.8 Å². The first kappa shape index (κ1) is 20.3. The number of aryl methyl sites for hydroxylation is 1. The maximum absolute atomic E-state index is 12.7. The Kier molecular flexibility index (Phi) is 4.23. The summed E-state index contributed by atoms with van der Waals surface area (Å²) in [6, 6.07) is 6.96. The summed E-state index contributed by atoms with van der Waals surface area (Å²) in [6.45, 7) is 5.62. The van der Waals surface area contributed by atoms with Crippen molar-refractivity contribution in [2.24, 2.45) is 17.3 Å². The van der Waals surface area contributed by atoms with E-state index < -0.39 is 5.97 Å². The van der Waals surface area contributed by atoms with E-state index in [1.807, 2.05) is 26.0 Å². The number of nitriles is 1. The van der Waals surface area contributed by atoms with Crippen molar-refractivity contribution in [3.05, 3.63) is 46.2 Å². The predicted octanol–water partition coefficient (Wildman–Crippen LogP) is 3.38. The highest BCUT2D eigenvalue weighted by Gasteiger charge is 2.72. The zero-order chi connectivity index (χ0) is 22.9. The normalized spacial score (nSPS) is 21.0. The predicted molar refractivity (Wildman–Crippen MR) is 116 cm³/mol. The maximum Gasteiger partial charge on any atom is 0.338 e.